The first-order valence-corrected chi connectivity index (χ1v) is 6.94. The SMILES string of the molecule is COc1ccccc1C1=NO[C@H](C(=O)N2CCCC2)C1. The number of para-hydroxylation sites is 1. The van der Waals surface area contributed by atoms with Gasteiger partial charge in [-0.1, -0.05) is 17.3 Å². The van der Waals surface area contributed by atoms with Gasteiger partial charge in [0.2, 0.25) is 6.10 Å². The Bertz CT molecular complexity index is 536. The maximum Gasteiger partial charge on any atom is 0.266 e. The molecule has 0 unspecified atom stereocenters. The summed E-state index contributed by atoms with van der Waals surface area (Å²) in [6.45, 7) is 1.67. The van der Waals surface area contributed by atoms with Gasteiger partial charge in [0.15, 0.2) is 0 Å². The third-order valence-electron chi connectivity index (χ3n) is 3.78. The van der Waals surface area contributed by atoms with E-state index < -0.39 is 6.10 Å². The number of oxime groups is 1. The molecule has 1 saturated heterocycles. The molecule has 5 nitrogen and oxygen atoms in total. The quantitative estimate of drug-likeness (QED) is 0.844. The molecule has 0 spiro atoms. The standard InChI is InChI=1S/C15H18N2O3/c1-19-13-7-3-2-6-11(13)12-10-14(20-16-12)15(18)17-8-4-5-9-17/h2-3,6-7,14H,4-5,8-10H2,1H3/t14-/m0/s1. The van der Waals surface area contributed by atoms with Gasteiger partial charge < -0.3 is 14.5 Å². The monoisotopic (exact) mass is 274 g/mol. The van der Waals surface area contributed by atoms with Crippen LogP contribution in [0, 0.1) is 0 Å². The average molecular weight is 274 g/mol. The summed E-state index contributed by atoms with van der Waals surface area (Å²) in [4.78, 5) is 19.5. The molecule has 1 atom stereocenters. The van der Waals surface area contributed by atoms with E-state index in [0.29, 0.717) is 6.42 Å². The van der Waals surface area contributed by atoms with Crippen LogP contribution >= 0.6 is 0 Å². The molecule has 1 aromatic rings. The normalized spacial score (nSPS) is 21.6. The number of ether oxygens (including phenoxy) is 1. The fourth-order valence-corrected chi connectivity index (χ4v) is 2.69. The van der Waals surface area contributed by atoms with Crippen molar-refractivity contribution in [3.8, 4) is 5.75 Å². The van der Waals surface area contributed by atoms with Gasteiger partial charge in [-0.15, -0.1) is 0 Å². The summed E-state index contributed by atoms with van der Waals surface area (Å²) in [5.74, 6) is 0.806. The minimum Gasteiger partial charge on any atom is -0.496 e. The molecular formula is C15H18N2O3. The highest BCUT2D eigenvalue weighted by Gasteiger charge is 2.34. The number of nitrogens with zero attached hydrogens (tertiary/aromatic N) is 2. The predicted molar refractivity (Wildman–Crippen MR) is 74.8 cm³/mol. The second-order valence-corrected chi connectivity index (χ2v) is 5.07. The van der Waals surface area contributed by atoms with Crippen LogP contribution in [0.2, 0.25) is 0 Å². The summed E-state index contributed by atoms with van der Waals surface area (Å²) in [5.41, 5.74) is 1.67. The second kappa shape index (κ2) is 5.53. The van der Waals surface area contributed by atoms with E-state index >= 15 is 0 Å². The summed E-state index contributed by atoms with van der Waals surface area (Å²) in [6.07, 6.45) is 2.19. The zero-order valence-electron chi connectivity index (χ0n) is 11.5. The molecular weight excluding hydrogens is 256 g/mol. The Hall–Kier alpha value is -2.04. The molecule has 0 N–H and O–H groups in total. The fraction of sp³-hybridized carbons (Fsp3) is 0.467. The van der Waals surface area contributed by atoms with Gasteiger partial charge in [-0.3, -0.25) is 4.79 Å². The van der Waals surface area contributed by atoms with Crippen LogP contribution in [0.15, 0.2) is 29.4 Å². The van der Waals surface area contributed by atoms with Gasteiger partial charge in [0, 0.05) is 25.1 Å². The van der Waals surface area contributed by atoms with Gasteiger partial charge in [0.25, 0.3) is 5.91 Å². The van der Waals surface area contributed by atoms with Crippen LogP contribution in [-0.2, 0) is 9.63 Å². The average Bonchev–Trinajstić information content (AvgIpc) is 3.18. The molecule has 0 radical (unpaired) electrons. The van der Waals surface area contributed by atoms with E-state index in [2.05, 4.69) is 5.16 Å². The molecule has 0 bridgehead atoms. The Labute approximate surface area is 118 Å². The highest BCUT2D eigenvalue weighted by atomic mass is 16.6. The van der Waals surface area contributed by atoms with Crippen molar-refractivity contribution in [1.29, 1.82) is 0 Å². The molecule has 3 rings (SSSR count). The Morgan fingerprint density at radius 2 is 2.10 bits per heavy atom. The Balaban J connectivity index is 1.71. The molecule has 1 aromatic carbocycles. The van der Waals surface area contributed by atoms with Crippen LogP contribution in [0.3, 0.4) is 0 Å². The third-order valence-corrected chi connectivity index (χ3v) is 3.78. The molecule has 20 heavy (non-hydrogen) atoms. The molecule has 0 saturated carbocycles. The predicted octanol–water partition coefficient (Wildman–Crippen LogP) is 1.81. The van der Waals surface area contributed by atoms with Crippen molar-refractivity contribution in [3.63, 3.8) is 0 Å². The zero-order chi connectivity index (χ0) is 13.9. The molecule has 1 amide bonds. The lowest BCUT2D eigenvalue weighted by Crippen LogP contribution is -2.37. The van der Waals surface area contributed by atoms with Gasteiger partial charge in [-0.2, -0.15) is 0 Å². The largest absolute Gasteiger partial charge is 0.496 e. The van der Waals surface area contributed by atoms with Crippen LogP contribution in [-0.4, -0.2) is 42.8 Å². The van der Waals surface area contributed by atoms with Crippen LogP contribution in [0.1, 0.15) is 24.8 Å². The molecule has 2 heterocycles. The van der Waals surface area contributed by atoms with E-state index in [0.717, 1.165) is 43.0 Å². The van der Waals surface area contributed by atoms with E-state index in [9.17, 15) is 4.79 Å². The summed E-state index contributed by atoms with van der Waals surface area (Å²) in [5, 5.41) is 4.08. The Morgan fingerprint density at radius 1 is 1.35 bits per heavy atom. The highest BCUT2D eigenvalue weighted by molar-refractivity contribution is 6.05. The van der Waals surface area contributed by atoms with Crippen molar-refractivity contribution < 1.29 is 14.4 Å². The van der Waals surface area contributed by atoms with Crippen molar-refractivity contribution in [2.24, 2.45) is 5.16 Å². The van der Waals surface area contributed by atoms with E-state index in [1.807, 2.05) is 29.2 Å². The number of hydrogen-bond acceptors (Lipinski definition) is 4. The summed E-state index contributed by atoms with van der Waals surface area (Å²) < 4.78 is 5.32. The number of rotatable bonds is 3. The first kappa shape index (κ1) is 13.0. The van der Waals surface area contributed by atoms with E-state index in [4.69, 9.17) is 9.57 Å². The number of benzene rings is 1. The summed E-state index contributed by atoms with van der Waals surface area (Å²) >= 11 is 0. The minimum atomic E-state index is -0.479. The van der Waals surface area contributed by atoms with Crippen molar-refractivity contribution in [3.05, 3.63) is 29.8 Å². The first-order valence-electron chi connectivity index (χ1n) is 6.94. The van der Waals surface area contributed by atoms with Gasteiger partial charge in [-0.25, -0.2) is 0 Å². The Kier molecular flexibility index (Phi) is 3.58. The van der Waals surface area contributed by atoms with Crippen LogP contribution < -0.4 is 4.74 Å². The summed E-state index contributed by atoms with van der Waals surface area (Å²) in [7, 11) is 1.63. The lowest BCUT2D eigenvalue weighted by Gasteiger charge is -2.18. The zero-order valence-corrected chi connectivity index (χ0v) is 11.5. The van der Waals surface area contributed by atoms with Crippen molar-refractivity contribution in [2.75, 3.05) is 20.2 Å². The summed E-state index contributed by atoms with van der Waals surface area (Å²) in [6, 6.07) is 7.65. The number of hydrogen-bond donors (Lipinski definition) is 0. The lowest BCUT2D eigenvalue weighted by atomic mass is 10.0. The van der Waals surface area contributed by atoms with Gasteiger partial charge in [-0.05, 0) is 25.0 Å². The number of amides is 1. The van der Waals surface area contributed by atoms with E-state index in [1.54, 1.807) is 7.11 Å². The first-order chi connectivity index (χ1) is 9.79. The van der Waals surface area contributed by atoms with Crippen LogP contribution in [0.5, 0.6) is 5.75 Å². The van der Waals surface area contributed by atoms with E-state index in [-0.39, 0.29) is 5.91 Å². The number of methoxy groups -OCH3 is 1. The molecule has 106 valence electrons. The van der Waals surface area contributed by atoms with Gasteiger partial charge in [0.05, 0.1) is 12.8 Å². The fourth-order valence-electron chi connectivity index (χ4n) is 2.69. The van der Waals surface area contributed by atoms with Crippen molar-refractivity contribution in [1.82, 2.24) is 4.90 Å². The lowest BCUT2D eigenvalue weighted by molar-refractivity contribution is -0.140. The van der Waals surface area contributed by atoms with Gasteiger partial charge in [0.1, 0.15) is 5.75 Å². The molecule has 5 heteroatoms. The number of likely N-dealkylation sites (tertiary alicyclic amines) is 1. The maximum absolute atomic E-state index is 12.3. The van der Waals surface area contributed by atoms with Crippen LogP contribution in [0.4, 0.5) is 0 Å². The third kappa shape index (κ3) is 2.35. The Morgan fingerprint density at radius 3 is 2.85 bits per heavy atom. The van der Waals surface area contributed by atoms with Crippen molar-refractivity contribution >= 4 is 11.6 Å². The molecule has 1 fully saturated rings. The minimum absolute atomic E-state index is 0.0520. The highest BCUT2D eigenvalue weighted by Crippen LogP contribution is 2.25. The smallest absolute Gasteiger partial charge is 0.266 e. The van der Waals surface area contributed by atoms with E-state index in [1.165, 1.54) is 0 Å². The second-order valence-electron chi connectivity index (χ2n) is 5.07. The molecule has 2 aliphatic rings. The number of carbonyl (C=O) groups is 1. The van der Waals surface area contributed by atoms with Crippen molar-refractivity contribution in [2.45, 2.75) is 25.4 Å². The number of carbonyl (C=O) groups excluding carboxylic acids is 1. The maximum atomic E-state index is 12.3. The molecule has 0 aliphatic carbocycles. The van der Waals surface area contributed by atoms with Gasteiger partial charge >= 0.3 is 0 Å². The molecule has 2 aliphatic heterocycles. The molecule has 0 aromatic heterocycles. The topological polar surface area (TPSA) is 51.1 Å². The van der Waals surface area contributed by atoms with Crippen LogP contribution in [0.25, 0.3) is 0 Å².